The van der Waals surface area contributed by atoms with Crippen LogP contribution in [0.15, 0.2) is 35.7 Å². The van der Waals surface area contributed by atoms with Crippen molar-refractivity contribution in [3.8, 4) is 0 Å². The van der Waals surface area contributed by atoms with Crippen LogP contribution < -0.4 is 0 Å². The van der Waals surface area contributed by atoms with Crippen molar-refractivity contribution in [2.45, 2.75) is 19.5 Å². The minimum atomic E-state index is -0.261. The van der Waals surface area contributed by atoms with Gasteiger partial charge in [-0.15, -0.1) is 11.3 Å². The van der Waals surface area contributed by atoms with Crippen LogP contribution in [0.3, 0.4) is 0 Å². The van der Waals surface area contributed by atoms with Crippen molar-refractivity contribution in [2.75, 3.05) is 20.1 Å². The van der Waals surface area contributed by atoms with Crippen molar-refractivity contribution in [3.63, 3.8) is 0 Å². The number of amides is 1. The SMILES string of the molecule is CN(Cc1ccccc1F)C(=O)CN1CCc2sccc2C1. The minimum absolute atomic E-state index is 0.0296. The van der Waals surface area contributed by atoms with E-state index in [0.29, 0.717) is 18.7 Å². The molecule has 0 atom stereocenters. The minimum Gasteiger partial charge on any atom is -0.340 e. The van der Waals surface area contributed by atoms with Gasteiger partial charge in [0.05, 0.1) is 6.54 Å². The predicted octanol–water partition coefficient (Wildman–Crippen LogP) is 2.90. The van der Waals surface area contributed by atoms with Gasteiger partial charge in [0.1, 0.15) is 5.82 Å². The van der Waals surface area contributed by atoms with Crippen LogP contribution in [0.5, 0.6) is 0 Å². The lowest BCUT2D eigenvalue weighted by molar-refractivity contribution is -0.131. The third-order valence-electron chi connectivity index (χ3n) is 4.04. The summed E-state index contributed by atoms with van der Waals surface area (Å²) in [5, 5.41) is 2.11. The number of halogens is 1. The van der Waals surface area contributed by atoms with E-state index in [9.17, 15) is 9.18 Å². The lowest BCUT2D eigenvalue weighted by Crippen LogP contribution is -2.40. The van der Waals surface area contributed by atoms with Gasteiger partial charge in [-0.3, -0.25) is 9.69 Å². The van der Waals surface area contributed by atoms with Crippen LogP contribution >= 0.6 is 11.3 Å². The van der Waals surface area contributed by atoms with Crippen molar-refractivity contribution >= 4 is 17.2 Å². The van der Waals surface area contributed by atoms with Gasteiger partial charge in [-0.25, -0.2) is 4.39 Å². The first-order chi connectivity index (χ1) is 10.6. The fraction of sp³-hybridized carbons (Fsp3) is 0.353. The lowest BCUT2D eigenvalue weighted by atomic mass is 10.1. The largest absolute Gasteiger partial charge is 0.340 e. The molecule has 3 nitrogen and oxygen atoms in total. The summed E-state index contributed by atoms with van der Waals surface area (Å²) in [4.78, 5) is 17.5. The molecule has 1 aromatic heterocycles. The average Bonchev–Trinajstić information content (AvgIpc) is 2.97. The van der Waals surface area contributed by atoms with Crippen LogP contribution in [-0.2, 0) is 24.3 Å². The highest BCUT2D eigenvalue weighted by Gasteiger charge is 2.21. The Morgan fingerprint density at radius 1 is 1.36 bits per heavy atom. The van der Waals surface area contributed by atoms with E-state index >= 15 is 0 Å². The van der Waals surface area contributed by atoms with Crippen LogP contribution in [0.4, 0.5) is 4.39 Å². The first kappa shape index (κ1) is 15.2. The second-order valence-corrected chi connectivity index (χ2v) is 6.67. The third kappa shape index (κ3) is 3.36. The second-order valence-electron chi connectivity index (χ2n) is 5.67. The standard InChI is InChI=1S/C17H19FN2OS/c1-19(10-13-4-2-3-5-15(13)18)17(21)12-20-8-6-16-14(11-20)7-9-22-16/h2-5,7,9H,6,8,10-12H2,1H3. The van der Waals surface area contributed by atoms with Crippen molar-refractivity contribution < 1.29 is 9.18 Å². The zero-order chi connectivity index (χ0) is 15.5. The smallest absolute Gasteiger partial charge is 0.236 e. The molecule has 0 radical (unpaired) electrons. The lowest BCUT2D eigenvalue weighted by Gasteiger charge is -2.28. The van der Waals surface area contributed by atoms with E-state index in [-0.39, 0.29) is 11.7 Å². The average molecular weight is 318 g/mol. The molecule has 1 aliphatic rings. The number of hydrogen-bond donors (Lipinski definition) is 0. The van der Waals surface area contributed by atoms with Crippen LogP contribution in [0.1, 0.15) is 16.0 Å². The number of thiophene rings is 1. The molecule has 1 amide bonds. The molecule has 1 aliphatic heterocycles. The monoisotopic (exact) mass is 318 g/mol. The first-order valence-electron chi connectivity index (χ1n) is 7.38. The van der Waals surface area contributed by atoms with Gasteiger partial charge >= 0.3 is 0 Å². The van der Waals surface area contributed by atoms with Gasteiger partial charge in [-0.1, -0.05) is 18.2 Å². The Morgan fingerprint density at radius 3 is 3.00 bits per heavy atom. The molecular weight excluding hydrogens is 299 g/mol. The summed E-state index contributed by atoms with van der Waals surface area (Å²) >= 11 is 1.79. The molecule has 2 heterocycles. The topological polar surface area (TPSA) is 23.6 Å². The molecule has 0 unspecified atom stereocenters. The highest BCUT2D eigenvalue weighted by molar-refractivity contribution is 7.10. The molecule has 0 saturated heterocycles. The molecule has 0 saturated carbocycles. The number of hydrogen-bond acceptors (Lipinski definition) is 3. The van der Waals surface area contributed by atoms with Gasteiger partial charge < -0.3 is 4.90 Å². The molecule has 0 bridgehead atoms. The van der Waals surface area contributed by atoms with Gasteiger partial charge in [0.25, 0.3) is 0 Å². The maximum atomic E-state index is 13.7. The van der Waals surface area contributed by atoms with Gasteiger partial charge in [-0.05, 0) is 29.5 Å². The number of fused-ring (bicyclic) bond motifs is 1. The van der Waals surface area contributed by atoms with Gasteiger partial charge in [-0.2, -0.15) is 0 Å². The molecule has 0 spiro atoms. The Hall–Kier alpha value is -1.72. The highest BCUT2D eigenvalue weighted by atomic mass is 32.1. The summed E-state index contributed by atoms with van der Waals surface area (Å²) in [5.41, 5.74) is 1.89. The molecule has 0 N–H and O–H groups in total. The Kier molecular flexibility index (Phi) is 4.55. The van der Waals surface area contributed by atoms with Crippen LogP contribution in [0, 0.1) is 5.82 Å². The van der Waals surface area contributed by atoms with Crippen molar-refractivity contribution in [2.24, 2.45) is 0 Å². The Labute approximate surface area is 134 Å². The zero-order valence-corrected chi connectivity index (χ0v) is 13.4. The van der Waals surface area contributed by atoms with E-state index in [0.717, 1.165) is 19.5 Å². The van der Waals surface area contributed by atoms with Crippen molar-refractivity contribution in [1.29, 1.82) is 0 Å². The first-order valence-corrected chi connectivity index (χ1v) is 8.26. The molecule has 2 aromatic rings. The molecule has 0 aliphatic carbocycles. The van der Waals surface area contributed by atoms with Crippen molar-refractivity contribution in [1.82, 2.24) is 9.80 Å². The van der Waals surface area contributed by atoms with E-state index in [4.69, 9.17) is 0 Å². The number of carbonyl (C=O) groups is 1. The summed E-state index contributed by atoms with van der Waals surface area (Å²) in [7, 11) is 1.73. The molecule has 22 heavy (non-hydrogen) atoms. The quantitative estimate of drug-likeness (QED) is 0.865. The fourth-order valence-electron chi connectivity index (χ4n) is 2.72. The molecular formula is C17H19FN2OS. The highest BCUT2D eigenvalue weighted by Crippen LogP contribution is 2.23. The van der Waals surface area contributed by atoms with Gasteiger partial charge in [0.2, 0.25) is 5.91 Å². The molecule has 0 fully saturated rings. The summed E-state index contributed by atoms with van der Waals surface area (Å²) in [6.45, 7) is 2.44. The number of likely N-dealkylation sites (N-methyl/N-ethyl adjacent to an activating group) is 1. The van der Waals surface area contributed by atoms with E-state index in [1.54, 1.807) is 41.5 Å². The van der Waals surface area contributed by atoms with Crippen molar-refractivity contribution in [3.05, 3.63) is 57.5 Å². The molecule has 3 rings (SSSR count). The van der Waals surface area contributed by atoms with Crippen LogP contribution in [0.2, 0.25) is 0 Å². The maximum absolute atomic E-state index is 13.7. The van der Waals surface area contributed by atoms with Crippen LogP contribution in [0.25, 0.3) is 0 Å². The Bertz CT molecular complexity index is 670. The summed E-state index contributed by atoms with van der Waals surface area (Å²) in [5.74, 6) is -0.232. The Morgan fingerprint density at radius 2 is 2.18 bits per heavy atom. The van der Waals surface area contributed by atoms with E-state index < -0.39 is 0 Å². The van der Waals surface area contributed by atoms with Gasteiger partial charge in [0.15, 0.2) is 0 Å². The van der Waals surface area contributed by atoms with Crippen LogP contribution in [-0.4, -0.2) is 35.8 Å². The number of nitrogens with zero attached hydrogens (tertiary/aromatic N) is 2. The van der Waals surface area contributed by atoms with E-state index in [1.807, 2.05) is 0 Å². The van der Waals surface area contributed by atoms with E-state index in [1.165, 1.54) is 16.5 Å². The molecule has 116 valence electrons. The summed E-state index contributed by atoms with van der Waals surface area (Å²) in [6, 6.07) is 8.74. The van der Waals surface area contributed by atoms with Gasteiger partial charge in [0, 0.05) is 37.1 Å². The third-order valence-corrected chi connectivity index (χ3v) is 5.06. The maximum Gasteiger partial charge on any atom is 0.236 e. The summed E-state index contributed by atoms with van der Waals surface area (Å²) in [6.07, 6.45) is 1.01. The summed E-state index contributed by atoms with van der Waals surface area (Å²) < 4.78 is 13.7. The molecule has 1 aromatic carbocycles. The normalized spacial score (nSPS) is 14.6. The predicted molar refractivity (Wildman–Crippen MR) is 86.2 cm³/mol. The number of carbonyl (C=O) groups excluding carboxylic acids is 1. The second kappa shape index (κ2) is 6.58. The van der Waals surface area contributed by atoms with E-state index in [2.05, 4.69) is 16.3 Å². The number of benzene rings is 1. The Balaban J connectivity index is 1.57. The molecule has 5 heteroatoms. The fourth-order valence-corrected chi connectivity index (χ4v) is 3.61. The zero-order valence-electron chi connectivity index (χ0n) is 12.6. The number of rotatable bonds is 4.